The smallest absolute Gasteiger partial charge is 0.272 e. The Labute approximate surface area is 178 Å². The van der Waals surface area contributed by atoms with Gasteiger partial charge in [0.15, 0.2) is 4.80 Å². The topological polar surface area (TPSA) is 66.7 Å². The molecular formula is C21H17BrN4O2S. The van der Waals surface area contributed by atoms with Gasteiger partial charge in [-0.3, -0.25) is 14.2 Å². The van der Waals surface area contributed by atoms with Crippen LogP contribution in [0.5, 0.6) is 0 Å². The van der Waals surface area contributed by atoms with Crippen LogP contribution in [0.4, 0.5) is 11.4 Å². The standard InChI is InChI=1S/C21H17BrN4O2S/c1-2-12-3-6-14(7-4-12)25-10-23-21-26(11-25)20(28)18(29-21)17-15-9-13(22)5-8-16(15)24-19(17)27/h3-9H,2,10-11H2,1H3,(H,24,27). The number of amides is 1. The molecule has 1 aromatic heterocycles. The van der Waals surface area contributed by atoms with E-state index in [-0.39, 0.29) is 11.5 Å². The molecule has 1 N–H and O–H groups in total. The number of benzene rings is 2. The highest BCUT2D eigenvalue weighted by molar-refractivity contribution is 9.10. The number of hydrogen-bond donors (Lipinski definition) is 1. The van der Waals surface area contributed by atoms with E-state index in [4.69, 9.17) is 0 Å². The van der Waals surface area contributed by atoms with E-state index in [0.29, 0.717) is 28.2 Å². The first-order valence-electron chi connectivity index (χ1n) is 9.28. The van der Waals surface area contributed by atoms with E-state index in [1.54, 1.807) is 4.57 Å². The number of nitrogens with one attached hydrogen (secondary N) is 1. The van der Waals surface area contributed by atoms with Gasteiger partial charge in [-0.25, -0.2) is 4.99 Å². The van der Waals surface area contributed by atoms with Crippen molar-refractivity contribution >= 4 is 50.1 Å². The van der Waals surface area contributed by atoms with Crippen LogP contribution in [-0.2, 0) is 17.9 Å². The highest BCUT2D eigenvalue weighted by Gasteiger charge is 2.28. The Balaban J connectivity index is 1.61. The lowest BCUT2D eigenvalue weighted by Gasteiger charge is -2.25. The van der Waals surface area contributed by atoms with Gasteiger partial charge in [0, 0.05) is 21.4 Å². The molecule has 2 aliphatic rings. The molecule has 8 heteroatoms. The Morgan fingerprint density at radius 1 is 1.17 bits per heavy atom. The van der Waals surface area contributed by atoms with Gasteiger partial charge in [-0.15, -0.1) is 0 Å². The van der Waals surface area contributed by atoms with Crippen LogP contribution in [0.25, 0.3) is 5.57 Å². The Morgan fingerprint density at radius 3 is 2.72 bits per heavy atom. The van der Waals surface area contributed by atoms with Crippen LogP contribution in [0.2, 0.25) is 0 Å². The monoisotopic (exact) mass is 468 g/mol. The second kappa shape index (κ2) is 6.96. The first kappa shape index (κ1) is 18.3. The fourth-order valence-corrected chi connectivity index (χ4v) is 5.05. The van der Waals surface area contributed by atoms with E-state index in [2.05, 4.69) is 57.4 Å². The van der Waals surface area contributed by atoms with Crippen LogP contribution in [-0.4, -0.2) is 17.1 Å². The molecule has 0 radical (unpaired) electrons. The van der Waals surface area contributed by atoms with Gasteiger partial charge in [0.05, 0.1) is 5.57 Å². The van der Waals surface area contributed by atoms with Gasteiger partial charge >= 0.3 is 0 Å². The van der Waals surface area contributed by atoms with Crippen LogP contribution in [0, 0.1) is 0 Å². The molecular weight excluding hydrogens is 452 g/mol. The average molecular weight is 469 g/mol. The summed E-state index contributed by atoms with van der Waals surface area (Å²) in [4.78, 5) is 33.1. The van der Waals surface area contributed by atoms with E-state index in [1.165, 1.54) is 16.9 Å². The first-order chi connectivity index (χ1) is 14.0. The van der Waals surface area contributed by atoms with Gasteiger partial charge in [-0.05, 0) is 42.3 Å². The third-order valence-corrected chi connectivity index (χ3v) is 6.82. The van der Waals surface area contributed by atoms with Crippen molar-refractivity contribution in [2.45, 2.75) is 20.0 Å². The van der Waals surface area contributed by atoms with Crippen molar-refractivity contribution < 1.29 is 4.79 Å². The highest BCUT2D eigenvalue weighted by Crippen LogP contribution is 2.32. The maximum atomic E-state index is 13.2. The third kappa shape index (κ3) is 3.03. The Kier molecular flexibility index (Phi) is 4.40. The molecule has 0 aliphatic carbocycles. The van der Waals surface area contributed by atoms with Crippen LogP contribution in [0.1, 0.15) is 18.1 Å². The largest absolute Gasteiger partial charge is 0.334 e. The second-order valence-corrected chi connectivity index (χ2v) is 8.86. The zero-order valence-corrected chi connectivity index (χ0v) is 18.0. The zero-order chi connectivity index (χ0) is 20.1. The molecule has 5 rings (SSSR count). The lowest BCUT2D eigenvalue weighted by Crippen LogP contribution is -2.43. The minimum atomic E-state index is -0.249. The molecule has 2 aliphatic heterocycles. The summed E-state index contributed by atoms with van der Waals surface area (Å²) >= 11 is 4.73. The van der Waals surface area contributed by atoms with Crippen molar-refractivity contribution in [3.63, 3.8) is 0 Å². The van der Waals surface area contributed by atoms with Crippen LogP contribution >= 0.6 is 27.3 Å². The summed E-state index contributed by atoms with van der Waals surface area (Å²) in [6, 6.07) is 13.9. The number of nitrogens with zero attached hydrogens (tertiary/aromatic N) is 3. The summed E-state index contributed by atoms with van der Waals surface area (Å²) in [5.41, 5.74) is 4.00. The quantitative estimate of drug-likeness (QED) is 0.627. The number of carbonyl (C=O) groups is 1. The Bertz CT molecular complexity index is 1320. The lowest BCUT2D eigenvalue weighted by atomic mass is 10.1. The number of thiazole rings is 1. The molecule has 0 spiro atoms. The minimum Gasteiger partial charge on any atom is -0.334 e. The maximum absolute atomic E-state index is 13.2. The Hall–Kier alpha value is -2.71. The maximum Gasteiger partial charge on any atom is 0.272 e. The van der Waals surface area contributed by atoms with Gasteiger partial charge < -0.3 is 10.2 Å². The fourth-order valence-electron chi connectivity index (χ4n) is 3.63. The molecule has 0 fully saturated rings. The van der Waals surface area contributed by atoms with Crippen molar-refractivity contribution in [1.82, 2.24) is 4.57 Å². The van der Waals surface area contributed by atoms with Crippen molar-refractivity contribution in [3.8, 4) is 0 Å². The van der Waals surface area contributed by atoms with E-state index in [0.717, 1.165) is 27.8 Å². The minimum absolute atomic E-state index is 0.179. The summed E-state index contributed by atoms with van der Waals surface area (Å²) in [7, 11) is 0. The molecule has 0 bridgehead atoms. The van der Waals surface area contributed by atoms with Crippen molar-refractivity contribution in [3.05, 3.63) is 77.8 Å². The number of aromatic nitrogens is 1. The number of fused-ring (bicyclic) bond motifs is 2. The summed E-state index contributed by atoms with van der Waals surface area (Å²) in [6.45, 7) is 3.02. The number of anilines is 2. The molecule has 0 unspecified atom stereocenters. The molecule has 2 aromatic carbocycles. The molecule has 0 atom stereocenters. The Morgan fingerprint density at radius 2 is 1.97 bits per heavy atom. The van der Waals surface area contributed by atoms with Crippen molar-refractivity contribution in [1.29, 1.82) is 0 Å². The average Bonchev–Trinajstić information content (AvgIpc) is 3.23. The molecule has 146 valence electrons. The molecule has 3 aromatic rings. The molecule has 29 heavy (non-hydrogen) atoms. The van der Waals surface area contributed by atoms with Gasteiger partial charge in [0.2, 0.25) is 0 Å². The van der Waals surface area contributed by atoms with Crippen molar-refractivity contribution in [2.75, 3.05) is 16.9 Å². The molecule has 0 saturated carbocycles. The summed E-state index contributed by atoms with van der Waals surface area (Å²) in [5, 5.41) is 2.85. The first-order valence-corrected chi connectivity index (χ1v) is 10.9. The summed E-state index contributed by atoms with van der Waals surface area (Å²) in [6.07, 6.45) is 0.987. The van der Waals surface area contributed by atoms with Crippen LogP contribution < -0.4 is 25.1 Å². The van der Waals surface area contributed by atoms with Gasteiger partial charge in [0.25, 0.3) is 11.5 Å². The van der Waals surface area contributed by atoms with Crippen LogP contribution in [0.15, 0.2) is 56.7 Å². The van der Waals surface area contributed by atoms with Gasteiger partial charge in [-0.2, -0.15) is 0 Å². The number of halogens is 1. The number of hydrogen-bond acceptors (Lipinski definition) is 5. The molecule has 6 nitrogen and oxygen atoms in total. The fraction of sp³-hybridized carbons (Fsp3) is 0.190. The predicted octanol–water partition coefficient (Wildman–Crippen LogP) is 2.44. The summed E-state index contributed by atoms with van der Waals surface area (Å²) in [5.74, 6) is -0.249. The molecule has 3 heterocycles. The zero-order valence-electron chi connectivity index (χ0n) is 15.6. The van der Waals surface area contributed by atoms with E-state index in [1.807, 2.05) is 23.1 Å². The lowest BCUT2D eigenvalue weighted by molar-refractivity contribution is -0.110. The predicted molar refractivity (Wildman–Crippen MR) is 118 cm³/mol. The van der Waals surface area contributed by atoms with Crippen molar-refractivity contribution in [2.24, 2.45) is 4.99 Å². The molecule has 1 amide bonds. The van der Waals surface area contributed by atoms with E-state index in [9.17, 15) is 9.59 Å². The normalized spacial score (nSPS) is 16.9. The highest BCUT2D eigenvalue weighted by atomic mass is 79.9. The third-order valence-electron chi connectivity index (χ3n) is 5.22. The van der Waals surface area contributed by atoms with E-state index >= 15 is 0 Å². The van der Waals surface area contributed by atoms with Gasteiger partial charge in [-0.1, -0.05) is 46.3 Å². The van der Waals surface area contributed by atoms with Gasteiger partial charge in [0.1, 0.15) is 17.9 Å². The number of carbonyl (C=O) groups excluding carboxylic acids is 1. The SMILES string of the molecule is CCc1ccc(N2CN=c3sc(=C4C(=O)Nc5ccc(Br)cc54)c(=O)n3C2)cc1. The molecule has 0 saturated heterocycles. The van der Waals surface area contributed by atoms with E-state index < -0.39 is 0 Å². The number of rotatable bonds is 2. The van der Waals surface area contributed by atoms with Crippen LogP contribution in [0.3, 0.4) is 0 Å². The second-order valence-electron chi connectivity index (χ2n) is 6.97. The number of aryl methyl sites for hydroxylation is 1. The summed E-state index contributed by atoms with van der Waals surface area (Å²) < 4.78 is 2.94.